The molecule has 2 aromatic rings. The molecule has 0 atom stereocenters. The maximum absolute atomic E-state index is 13.2. The van der Waals surface area contributed by atoms with Gasteiger partial charge in [0.2, 0.25) is 0 Å². The number of hydrogen-bond acceptors (Lipinski definition) is 2. The van der Waals surface area contributed by atoms with E-state index in [1.165, 1.54) is 24.3 Å². The van der Waals surface area contributed by atoms with E-state index in [2.05, 4.69) is 21.2 Å². The van der Waals surface area contributed by atoms with Crippen molar-refractivity contribution in [2.24, 2.45) is 0 Å². The molecule has 0 radical (unpaired) electrons. The van der Waals surface area contributed by atoms with Crippen molar-refractivity contribution in [2.45, 2.75) is 6.54 Å². The second-order valence-electron chi connectivity index (χ2n) is 3.94. The van der Waals surface area contributed by atoms with Crippen molar-refractivity contribution in [3.8, 4) is 6.07 Å². The van der Waals surface area contributed by atoms with E-state index < -0.39 is 5.82 Å². The predicted molar refractivity (Wildman–Crippen MR) is 72.5 cm³/mol. The first-order valence-corrected chi connectivity index (χ1v) is 6.26. The minimum Gasteiger partial charge on any atom is -0.380 e. The molecule has 0 saturated carbocycles. The summed E-state index contributed by atoms with van der Waals surface area (Å²) in [5.74, 6) is -0.822. The Morgan fingerprint density at radius 2 is 1.89 bits per heavy atom. The third kappa shape index (κ3) is 3.52. The Bertz CT molecular complexity index is 650. The van der Waals surface area contributed by atoms with Crippen LogP contribution in [0.15, 0.2) is 40.9 Å². The van der Waals surface area contributed by atoms with Crippen LogP contribution in [-0.4, -0.2) is 0 Å². The number of nitriles is 1. The first kappa shape index (κ1) is 13.5. The smallest absolute Gasteiger partial charge is 0.125 e. The normalized spacial score (nSPS) is 10.0. The standard InChI is InChI=1S/C14H9BrF2N2/c15-13-2-1-11(16)6-14(13)19-8-10-3-9(7-18)4-12(17)5-10/h1-6,19H,8H2. The van der Waals surface area contributed by atoms with Gasteiger partial charge >= 0.3 is 0 Å². The van der Waals surface area contributed by atoms with Crippen molar-refractivity contribution in [1.82, 2.24) is 0 Å². The number of rotatable bonds is 3. The molecule has 0 aliphatic carbocycles. The molecule has 1 N–H and O–H groups in total. The van der Waals surface area contributed by atoms with Crippen LogP contribution in [0.3, 0.4) is 0 Å². The van der Waals surface area contributed by atoms with Crippen LogP contribution in [0.1, 0.15) is 11.1 Å². The first-order valence-electron chi connectivity index (χ1n) is 5.47. The van der Waals surface area contributed by atoms with Gasteiger partial charge in [-0.1, -0.05) is 0 Å². The Labute approximate surface area is 117 Å². The number of hydrogen-bond donors (Lipinski definition) is 1. The number of anilines is 1. The van der Waals surface area contributed by atoms with Gasteiger partial charge in [0.15, 0.2) is 0 Å². The zero-order valence-corrected chi connectivity index (χ0v) is 11.3. The molecule has 5 heteroatoms. The van der Waals surface area contributed by atoms with Gasteiger partial charge in [-0.2, -0.15) is 5.26 Å². The van der Waals surface area contributed by atoms with Crippen LogP contribution in [0, 0.1) is 23.0 Å². The average molecular weight is 323 g/mol. The molecular weight excluding hydrogens is 314 g/mol. The van der Waals surface area contributed by atoms with Gasteiger partial charge in [0, 0.05) is 11.0 Å². The summed E-state index contributed by atoms with van der Waals surface area (Å²) in [4.78, 5) is 0. The molecule has 0 amide bonds. The minimum atomic E-state index is -0.464. The van der Waals surface area contributed by atoms with Gasteiger partial charge in [0.25, 0.3) is 0 Å². The fourth-order valence-corrected chi connectivity index (χ4v) is 2.03. The Hall–Kier alpha value is -1.93. The predicted octanol–water partition coefficient (Wildman–Crippen LogP) is 4.21. The first-order chi connectivity index (χ1) is 9.08. The number of nitrogens with zero attached hydrogens (tertiary/aromatic N) is 1. The Morgan fingerprint density at radius 3 is 2.63 bits per heavy atom. The number of halogens is 3. The monoisotopic (exact) mass is 322 g/mol. The molecular formula is C14H9BrF2N2. The number of benzene rings is 2. The van der Waals surface area contributed by atoms with Crippen molar-refractivity contribution in [3.63, 3.8) is 0 Å². The van der Waals surface area contributed by atoms with Gasteiger partial charge in [-0.3, -0.25) is 0 Å². The van der Waals surface area contributed by atoms with Crippen molar-refractivity contribution < 1.29 is 8.78 Å². The minimum absolute atomic E-state index is 0.259. The van der Waals surface area contributed by atoms with Gasteiger partial charge in [0.05, 0.1) is 17.3 Å². The van der Waals surface area contributed by atoms with Gasteiger partial charge in [-0.25, -0.2) is 8.78 Å². The third-order valence-corrected chi connectivity index (χ3v) is 3.19. The lowest BCUT2D eigenvalue weighted by Crippen LogP contribution is -2.01. The fourth-order valence-electron chi connectivity index (χ4n) is 1.65. The SMILES string of the molecule is N#Cc1cc(F)cc(CNc2cc(F)ccc2Br)c1. The van der Waals surface area contributed by atoms with Crippen molar-refractivity contribution >= 4 is 21.6 Å². The molecule has 0 aliphatic heterocycles. The second kappa shape index (κ2) is 5.81. The molecule has 0 bridgehead atoms. The summed E-state index contributed by atoms with van der Waals surface area (Å²) in [5, 5.41) is 11.7. The topological polar surface area (TPSA) is 35.8 Å². The summed E-state index contributed by atoms with van der Waals surface area (Å²) in [7, 11) is 0. The summed E-state index contributed by atoms with van der Waals surface area (Å²) in [6.45, 7) is 0.300. The third-order valence-electron chi connectivity index (χ3n) is 2.50. The van der Waals surface area contributed by atoms with Crippen molar-refractivity contribution in [1.29, 1.82) is 5.26 Å². The van der Waals surface area contributed by atoms with Gasteiger partial charge < -0.3 is 5.32 Å². The highest BCUT2D eigenvalue weighted by Gasteiger charge is 2.04. The molecule has 19 heavy (non-hydrogen) atoms. The Morgan fingerprint density at radius 1 is 1.11 bits per heavy atom. The van der Waals surface area contributed by atoms with E-state index in [0.717, 1.165) is 0 Å². The molecule has 2 nitrogen and oxygen atoms in total. The zero-order chi connectivity index (χ0) is 13.8. The Balaban J connectivity index is 2.17. The van der Waals surface area contributed by atoms with E-state index in [9.17, 15) is 8.78 Å². The second-order valence-corrected chi connectivity index (χ2v) is 4.79. The van der Waals surface area contributed by atoms with Crippen LogP contribution in [0.25, 0.3) is 0 Å². The summed E-state index contributed by atoms with van der Waals surface area (Å²) >= 11 is 3.29. The lowest BCUT2D eigenvalue weighted by atomic mass is 10.1. The largest absolute Gasteiger partial charge is 0.380 e. The summed E-state index contributed by atoms with van der Waals surface area (Å²) in [6, 6.07) is 10.2. The van der Waals surface area contributed by atoms with Crippen molar-refractivity contribution in [2.75, 3.05) is 5.32 Å². The fraction of sp³-hybridized carbons (Fsp3) is 0.0714. The molecule has 96 valence electrons. The Kier molecular flexibility index (Phi) is 4.13. The molecule has 2 aromatic carbocycles. The van der Waals surface area contributed by atoms with E-state index in [0.29, 0.717) is 22.3 Å². The molecule has 0 aliphatic rings. The van der Waals surface area contributed by atoms with Gasteiger partial charge in [0.1, 0.15) is 11.6 Å². The maximum atomic E-state index is 13.2. The molecule has 0 unspecified atom stereocenters. The highest BCUT2D eigenvalue weighted by molar-refractivity contribution is 9.10. The lowest BCUT2D eigenvalue weighted by Gasteiger charge is -2.09. The van der Waals surface area contributed by atoms with E-state index in [4.69, 9.17) is 5.26 Å². The highest BCUT2D eigenvalue weighted by atomic mass is 79.9. The summed E-state index contributed by atoms with van der Waals surface area (Å²) in [6.07, 6.45) is 0. The van der Waals surface area contributed by atoms with Crippen LogP contribution >= 0.6 is 15.9 Å². The van der Waals surface area contributed by atoms with E-state index in [1.807, 2.05) is 6.07 Å². The van der Waals surface area contributed by atoms with Crippen LogP contribution < -0.4 is 5.32 Å². The quantitative estimate of drug-likeness (QED) is 0.918. The molecule has 0 aromatic heterocycles. The lowest BCUT2D eigenvalue weighted by molar-refractivity contribution is 0.624. The molecule has 2 rings (SSSR count). The van der Waals surface area contributed by atoms with Gasteiger partial charge in [-0.05, 0) is 57.9 Å². The maximum Gasteiger partial charge on any atom is 0.125 e. The van der Waals surface area contributed by atoms with E-state index >= 15 is 0 Å². The molecule has 0 spiro atoms. The zero-order valence-electron chi connectivity index (χ0n) is 9.75. The van der Waals surface area contributed by atoms with E-state index in [1.54, 1.807) is 12.1 Å². The van der Waals surface area contributed by atoms with Gasteiger partial charge in [-0.15, -0.1) is 0 Å². The molecule has 0 saturated heterocycles. The van der Waals surface area contributed by atoms with Crippen LogP contribution in [0.2, 0.25) is 0 Å². The highest BCUT2D eigenvalue weighted by Crippen LogP contribution is 2.23. The average Bonchev–Trinajstić information content (AvgIpc) is 2.39. The van der Waals surface area contributed by atoms with Crippen LogP contribution in [0.4, 0.5) is 14.5 Å². The summed E-state index contributed by atoms with van der Waals surface area (Å²) in [5.41, 5.74) is 1.45. The molecule has 0 fully saturated rings. The number of nitrogens with one attached hydrogen (secondary N) is 1. The van der Waals surface area contributed by atoms with E-state index in [-0.39, 0.29) is 11.4 Å². The summed E-state index contributed by atoms with van der Waals surface area (Å²) < 4.78 is 27.0. The molecule has 0 heterocycles. The van der Waals surface area contributed by atoms with Crippen molar-refractivity contribution in [3.05, 3.63) is 63.6 Å². The van der Waals surface area contributed by atoms with Crippen LogP contribution in [-0.2, 0) is 6.54 Å². The van der Waals surface area contributed by atoms with Crippen LogP contribution in [0.5, 0.6) is 0 Å².